The molecule has 0 fully saturated rings. The highest BCUT2D eigenvalue weighted by molar-refractivity contribution is 9.10. The summed E-state index contributed by atoms with van der Waals surface area (Å²) >= 11 is 4.11. The number of aromatic nitrogens is 1. The largest absolute Gasteiger partial charge is 0.497 e. The van der Waals surface area contributed by atoms with Gasteiger partial charge in [0, 0.05) is 10.9 Å². The predicted octanol–water partition coefficient (Wildman–Crippen LogP) is 2.92. The smallest absolute Gasteiger partial charge is 0.244 e. The van der Waals surface area contributed by atoms with Crippen LogP contribution in [-0.2, 0) is 10.0 Å². The molecule has 0 saturated carbocycles. The van der Waals surface area contributed by atoms with Gasteiger partial charge in [-0.15, -0.1) is 11.3 Å². The zero-order valence-electron chi connectivity index (χ0n) is 11.3. The Bertz CT molecular complexity index is 731. The number of halogens is 1. The van der Waals surface area contributed by atoms with Gasteiger partial charge in [0.2, 0.25) is 10.0 Å². The van der Waals surface area contributed by atoms with E-state index in [1.807, 2.05) is 0 Å². The summed E-state index contributed by atoms with van der Waals surface area (Å²) in [5.74, 6) is 1.30. The molecule has 9 heteroatoms. The van der Waals surface area contributed by atoms with Crippen molar-refractivity contribution in [2.24, 2.45) is 0 Å². The van der Waals surface area contributed by atoms with Gasteiger partial charge in [0.25, 0.3) is 0 Å². The molecule has 0 aliphatic heterocycles. The molecule has 1 heterocycles. The third-order valence-corrected chi connectivity index (χ3v) is 6.06. The van der Waals surface area contributed by atoms with Gasteiger partial charge in [0.15, 0.2) is 5.13 Å². The van der Waals surface area contributed by atoms with Crippen molar-refractivity contribution in [2.45, 2.75) is 0 Å². The van der Waals surface area contributed by atoms with Crippen molar-refractivity contribution in [2.75, 3.05) is 23.6 Å². The van der Waals surface area contributed by atoms with E-state index in [-0.39, 0.29) is 4.66 Å². The minimum absolute atomic E-state index is 0.183. The number of anilines is 1. The lowest BCUT2D eigenvalue weighted by atomic mass is 10.1. The van der Waals surface area contributed by atoms with Crippen LogP contribution in [0.2, 0.25) is 0 Å². The average molecular weight is 393 g/mol. The van der Waals surface area contributed by atoms with Crippen LogP contribution in [-0.4, -0.2) is 32.3 Å². The summed E-state index contributed by atoms with van der Waals surface area (Å²) in [5.41, 5.74) is 1.35. The lowest BCUT2D eigenvalue weighted by molar-refractivity contribution is 0.404. The quantitative estimate of drug-likeness (QED) is 0.764. The fourth-order valence-corrected chi connectivity index (χ4v) is 3.46. The number of methoxy groups -OCH3 is 2. The Morgan fingerprint density at radius 1 is 1.33 bits per heavy atom. The van der Waals surface area contributed by atoms with E-state index in [4.69, 9.17) is 9.47 Å². The number of ether oxygens (including phenoxy) is 2. The number of thiazole rings is 1. The summed E-state index contributed by atoms with van der Waals surface area (Å²) in [6, 6.07) is 5.34. The molecule has 0 bridgehead atoms. The molecule has 2 aromatic rings. The molecular weight excluding hydrogens is 380 g/mol. The number of nitrogens with zero attached hydrogens (tertiary/aromatic N) is 1. The highest BCUT2D eigenvalue weighted by Crippen LogP contribution is 2.35. The van der Waals surface area contributed by atoms with Crippen molar-refractivity contribution in [1.29, 1.82) is 0 Å². The number of rotatable bonds is 6. The van der Waals surface area contributed by atoms with Gasteiger partial charge < -0.3 is 9.47 Å². The lowest BCUT2D eigenvalue weighted by Gasteiger charge is -2.08. The molecule has 21 heavy (non-hydrogen) atoms. The summed E-state index contributed by atoms with van der Waals surface area (Å²) in [6.45, 7) is 0. The molecule has 0 atom stereocenters. The molecule has 0 saturated heterocycles. The van der Waals surface area contributed by atoms with Crippen molar-refractivity contribution in [3.05, 3.63) is 23.6 Å². The van der Waals surface area contributed by atoms with Crippen LogP contribution in [0, 0.1) is 0 Å². The van der Waals surface area contributed by atoms with E-state index >= 15 is 0 Å². The number of hydrogen-bond acceptors (Lipinski definition) is 6. The van der Waals surface area contributed by atoms with Crippen LogP contribution in [0.4, 0.5) is 5.13 Å². The number of hydrogen-bond donors (Lipinski definition) is 1. The van der Waals surface area contributed by atoms with Crippen molar-refractivity contribution in [3.63, 3.8) is 0 Å². The number of sulfonamides is 1. The highest BCUT2D eigenvalue weighted by atomic mass is 79.9. The molecule has 0 radical (unpaired) electrons. The van der Waals surface area contributed by atoms with E-state index in [1.54, 1.807) is 37.8 Å². The van der Waals surface area contributed by atoms with Crippen molar-refractivity contribution in [1.82, 2.24) is 4.98 Å². The van der Waals surface area contributed by atoms with E-state index in [0.29, 0.717) is 22.3 Å². The number of alkyl halides is 1. The van der Waals surface area contributed by atoms with E-state index in [1.165, 1.54) is 11.3 Å². The first-order chi connectivity index (χ1) is 9.99. The fraction of sp³-hybridized carbons (Fsp3) is 0.250. The predicted molar refractivity (Wildman–Crippen MR) is 87.0 cm³/mol. The molecule has 0 aliphatic rings. The van der Waals surface area contributed by atoms with Crippen LogP contribution in [0.25, 0.3) is 11.3 Å². The Hall–Kier alpha value is -1.32. The topological polar surface area (TPSA) is 77.5 Å². The van der Waals surface area contributed by atoms with Gasteiger partial charge in [-0.3, -0.25) is 4.72 Å². The lowest BCUT2D eigenvalue weighted by Crippen LogP contribution is -2.12. The second kappa shape index (κ2) is 6.63. The van der Waals surface area contributed by atoms with E-state index in [0.717, 1.165) is 5.56 Å². The first kappa shape index (κ1) is 16.1. The molecule has 2 rings (SSSR count). The third kappa shape index (κ3) is 3.86. The summed E-state index contributed by atoms with van der Waals surface area (Å²) in [4.78, 5) is 4.27. The van der Waals surface area contributed by atoms with Crippen LogP contribution in [0.1, 0.15) is 0 Å². The summed E-state index contributed by atoms with van der Waals surface area (Å²) in [6.07, 6.45) is 0. The van der Waals surface area contributed by atoms with Gasteiger partial charge in [-0.25, -0.2) is 13.4 Å². The molecular formula is C12H13BrN2O4S2. The number of nitrogens with one attached hydrogen (secondary N) is 1. The maximum Gasteiger partial charge on any atom is 0.244 e. The van der Waals surface area contributed by atoms with Crippen molar-refractivity contribution in [3.8, 4) is 22.8 Å². The summed E-state index contributed by atoms with van der Waals surface area (Å²) in [5, 5.41) is 2.05. The second-order valence-corrected chi connectivity index (χ2v) is 7.81. The molecule has 6 nitrogen and oxygen atoms in total. The van der Waals surface area contributed by atoms with Crippen LogP contribution in [0.5, 0.6) is 11.5 Å². The van der Waals surface area contributed by atoms with Crippen LogP contribution in [0.3, 0.4) is 0 Å². The summed E-state index contributed by atoms with van der Waals surface area (Å²) in [7, 11) is -0.278. The Kier molecular flexibility index (Phi) is 5.07. The zero-order valence-corrected chi connectivity index (χ0v) is 14.5. The average Bonchev–Trinajstić information content (AvgIpc) is 2.94. The monoisotopic (exact) mass is 392 g/mol. The van der Waals surface area contributed by atoms with E-state index in [2.05, 4.69) is 25.6 Å². The van der Waals surface area contributed by atoms with Crippen molar-refractivity contribution >= 4 is 42.4 Å². The molecule has 1 aromatic carbocycles. The van der Waals surface area contributed by atoms with Crippen molar-refractivity contribution < 1.29 is 17.9 Å². The Labute approximate surface area is 135 Å². The maximum atomic E-state index is 11.5. The van der Waals surface area contributed by atoms with Gasteiger partial charge in [0.1, 0.15) is 16.2 Å². The molecule has 114 valence electrons. The van der Waals surface area contributed by atoms with E-state index < -0.39 is 10.0 Å². The standard InChI is InChI=1S/C12H13BrN2O4S2/c1-18-8-3-4-11(19-2)9(5-8)10-6-20-12(14-10)15-21(16,17)7-13/h3-6H,7H2,1-2H3,(H,14,15). The molecule has 0 unspecified atom stereocenters. The normalized spacial score (nSPS) is 11.2. The van der Waals surface area contributed by atoms with Gasteiger partial charge in [0.05, 0.1) is 19.9 Å². The highest BCUT2D eigenvalue weighted by Gasteiger charge is 2.14. The minimum atomic E-state index is -3.41. The van der Waals surface area contributed by atoms with Crippen LogP contribution >= 0.6 is 27.3 Å². The second-order valence-electron chi connectivity index (χ2n) is 3.93. The molecule has 1 N–H and O–H groups in total. The molecule has 0 spiro atoms. The molecule has 1 aromatic heterocycles. The first-order valence-corrected chi connectivity index (χ1v) is 9.39. The molecule has 0 amide bonds. The van der Waals surface area contributed by atoms with Gasteiger partial charge in [-0.2, -0.15) is 0 Å². The summed E-state index contributed by atoms with van der Waals surface area (Å²) < 4.78 is 35.7. The van der Waals surface area contributed by atoms with Gasteiger partial charge in [-0.1, -0.05) is 15.9 Å². The Morgan fingerprint density at radius 3 is 2.71 bits per heavy atom. The SMILES string of the molecule is COc1ccc(OC)c(-c2csc(NS(=O)(=O)CBr)n2)c1. The number of benzene rings is 1. The van der Waals surface area contributed by atoms with Gasteiger partial charge in [-0.05, 0) is 18.2 Å². The first-order valence-electron chi connectivity index (χ1n) is 5.73. The van der Waals surface area contributed by atoms with Crippen LogP contribution in [0.15, 0.2) is 23.6 Å². The third-order valence-electron chi connectivity index (χ3n) is 2.57. The molecule has 0 aliphatic carbocycles. The zero-order chi connectivity index (χ0) is 15.5. The fourth-order valence-electron chi connectivity index (χ4n) is 1.62. The Balaban J connectivity index is 2.37. The van der Waals surface area contributed by atoms with Gasteiger partial charge >= 0.3 is 0 Å². The van der Waals surface area contributed by atoms with Crippen LogP contribution < -0.4 is 14.2 Å². The maximum absolute atomic E-state index is 11.5. The Morgan fingerprint density at radius 2 is 2.10 bits per heavy atom. The minimum Gasteiger partial charge on any atom is -0.497 e. The van der Waals surface area contributed by atoms with E-state index in [9.17, 15) is 8.42 Å².